The molecule has 0 aliphatic heterocycles. The summed E-state index contributed by atoms with van der Waals surface area (Å²) in [7, 11) is 0. The van der Waals surface area contributed by atoms with Crippen LogP contribution in [0.25, 0.3) is 10.8 Å². The van der Waals surface area contributed by atoms with E-state index in [1.165, 1.54) is 10.8 Å². The van der Waals surface area contributed by atoms with Gasteiger partial charge in [0.25, 0.3) is 0 Å². The van der Waals surface area contributed by atoms with Gasteiger partial charge in [-0.25, -0.2) is 0 Å². The molecule has 0 fully saturated rings. The largest absolute Gasteiger partial charge is 0.379 e. The van der Waals surface area contributed by atoms with Crippen LogP contribution in [0.3, 0.4) is 0 Å². The van der Waals surface area contributed by atoms with E-state index < -0.39 is 0 Å². The molecule has 18 heavy (non-hydrogen) atoms. The molecular weight excluding hydrogens is 222 g/mol. The van der Waals surface area contributed by atoms with E-state index in [4.69, 9.17) is 0 Å². The van der Waals surface area contributed by atoms with Crippen LogP contribution < -0.4 is 5.32 Å². The van der Waals surface area contributed by atoms with Gasteiger partial charge in [0.2, 0.25) is 0 Å². The molecule has 0 unspecified atom stereocenters. The molecule has 0 saturated carbocycles. The fourth-order valence-corrected chi connectivity index (χ4v) is 1.99. The van der Waals surface area contributed by atoms with Gasteiger partial charge in [-0.15, -0.1) is 0 Å². The Labute approximate surface area is 106 Å². The minimum Gasteiger partial charge on any atom is -0.379 e. The van der Waals surface area contributed by atoms with Crippen LogP contribution in [0.1, 0.15) is 5.69 Å². The molecule has 0 spiro atoms. The van der Waals surface area contributed by atoms with Crippen molar-refractivity contribution in [3.05, 3.63) is 66.7 Å². The second-order valence-corrected chi connectivity index (χ2v) is 4.08. The molecule has 3 heteroatoms. The monoisotopic (exact) mass is 235 g/mol. The summed E-state index contributed by atoms with van der Waals surface area (Å²) in [4.78, 5) is 8.31. The van der Waals surface area contributed by atoms with Crippen molar-refractivity contribution in [2.75, 3.05) is 5.32 Å². The van der Waals surface area contributed by atoms with Crippen LogP contribution in [0.2, 0.25) is 0 Å². The summed E-state index contributed by atoms with van der Waals surface area (Å²) < 4.78 is 0. The van der Waals surface area contributed by atoms with Crippen LogP contribution in [0.4, 0.5) is 5.69 Å². The molecule has 0 aliphatic carbocycles. The Balaban J connectivity index is 1.87. The third-order valence-electron chi connectivity index (χ3n) is 2.87. The molecule has 0 aliphatic rings. The van der Waals surface area contributed by atoms with E-state index in [9.17, 15) is 0 Å². The highest BCUT2D eigenvalue weighted by Crippen LogP contribution is 2.23. The van der Waals surface area contributed by atoms with Crippen molar-refractivity contribution < 1.29 is 0 Å². The highest BCUT2D eigenvalue weighted by molar-refractivity contribution is 5.93. The summed E-state index contributed by atoms with van der Waals surface area (Å²) in [5, 5.41) is 5.86. The summed E-state index contributed by atoms with van der Waals surface area (Å²) in [6.45, 7) is 0.682. The minimum absolute atomic E-state index is 0.682. The van der Waals surface area contributed by atoms with Gasteiger partial charge in [-0.3, -0.25) is 9.97 Å². The van der Waals surface area contributed by atoms with Crippen molar-refractivity contribution in [1.29, 1.82) is 0 Å². The molecule has 2 aromatic carbocycles. The molecule has 88 valence electrons. The smallest absolute Gasteiger partial charge is 0.0777 e. The first-order valence-corrected chi connectivity index (χ1v) is 5.90. The van der Waals surface area contributed by atoms with Crippen LogP contribution in [0, 0.1) is 0 Å². The third-order valence-corrected chi connectivity index (χ3v) is 2.87. The molecule has 0 saturated heterocycles. The Kier molecular flexibility index (Phi) is 2.88. The molecule has 0 radical (unpaired) electrons. The second kappa shape index (κ2) is 4.84. The predicted octanol–water partition coefficient (Wildman–Crippen LogP) is 3.24. The lowest BCUT2D eigenvalue weighted by atomic mass is 10.1. The first-order valence-electron chi connectivity index (χ1n) is 5.90. The van der Waals surface area contributed by atoms with Crippen LogP contribution in [-0.4, -0.2) is 9.97 Å². The van der Waals surface area contributed by atoms with E-state index in [2.05, 4.69) is 57.7 Å². The van der Waals surface area contributed by atoms with Crippen molar-refractivity contribution in [2.45, 2.75) is 6.54 Å². The number of nitrogens with zero attached hydrogens (tertiary/aromatic N) is 2. The number of aromatic nitrogens is 2. The molecule has 3 aromatic rings. The Morgan fingerprint density at radius 1 is 0.944 bits per heavy atom. The molecule has 1 aromatic heterocycles. The quantitative estimate of drug-likeness (QED) is 0.757. The maximum absolute atomic E-state index is 4.25. The fourth-order valence-electron chi connectivity index (χ4n) is 1.99. The number of hydrogen-bond donors (Lipinski definition) is 1. The van der Waals surface area contributed by atoms with Crippen LogP contribution in [0.5, 0.6) is 0 Å². The molecule has 3 rings (SSSR count). The predicted molar refractivity (Wildman–Crippen MR) is 73.3 cm³/mol. The van der Waals surface area contributed by atoms with Gasteiger partial charge in [0.15, 0.2) is 0 Å². The van der Waals surface area contributed by atoms with Gasteiger partial charge in [0, 0.05) is 23.5 Å². The van der Waals surface area contributed by atoms with E-state index in [1.54, 1.807) is 18.6 Å². The van der Waals surface area contributed by atoms with Gasteiger partial charge < -0.3 is 5.32 Å². The zero-order valence-electron chi connectivity index (χ0n) is 9.88. The van der Waals surface area contributed by atoms with Crippen LogP contribution >= 0.6 is 0 Å². The zero-order chi connectivity index (χ0) is 12.2. The minimum atomic E-state index is 0.682. The van der Waals surface area contributed by atoms with E-state index in [0.717, 1.165) is 11.4 Å². The van der Waals surface area contributed by atoms with E-state index >= 15 is 0 Å². The maximum atomic E-state index is 4.25. The molecule has 3 nitrogen and oxygen atoms in total. The van der Waals surface area contributed by atoms with Crippen molar-refractivity contribution in [2.24, 2.45) is 0 Å². The van der Waals surface area contributed by atoms with Gasteiger partial charge in [-0.05, 0) is 11.5 Å². The Morgan fingerprint density at radius 2 is 1.83 bits per heavy atom. The van der Waals surface area contributed by atoms with Gasteiger partial charge in [0.1, 0.15) is 0 Å². The molecule has 0 atom stereocenters. The Bertz CT molecular complexity index is 645. The lowest BCUT2D eigenvalue weighted by molar-refractivity contribution is 1.01. The lowest BCUT2D eigenvalue weighted by Crippen LogP contribution is -2.02. The number of fused-ring (bicyclic) bond motifs is 1. The normalized spacial score (nSPS) is 10.4. The number of rotatable bonds is 3. The lowest BCUT2D eigenvalue weighted by Gasteiger charge is -2.09. The number of benzene rings is 2. The van der Waals surface area contributed by atoms with Gasteiger partial charge in [-0.2, -0.15) is 0 Å². The van der Waals surface area contributed by atoms with Gasteiger partial charge in [0.05, 0.1) is 18.4 Å². The molecule has 0 bridgehead atoms. The van der Waals surface area contributed by atoms with Crippen molar-refractivity contribution >= 4 is 16.5 Å². The highest BCUT2D eigenvalue weighted by atomic mass is 14.9. The summed E-state index contributed by atoms with van der Waals surface area (Å²) >= 11 is 0. The van der Waals surface area contributed by atoms with Crippen molar-refractivity contribution in [1.82, 2.24) is 9.97 Å². The SMILES string of the molecule is c1ccc2c(NCc3cnccn3)cccc2c1. The highest BCUT2D eigenvalue weighted by Gasteiger charge is 2.00. The third kappa shape index (κ3) is 2.15. The van der Waals surface area contributed by atoms with E-state index in [-0.39, 0.29) is 0 Å². The summed E-state index contributed by atoms with van der Waals surface area (Å²) in [6, 6.07) is 14.6. The van der Waals surface area contributed by atoms with Crippen LogP contribution in [0.15, 0.2) is 61.1 Å². The average Bonchev–Trinajstić information content (AvgIpc) is 2.46. The molecular formula is C15H13N3. The Morgan fingerprint density at radius 3 is 2.72 bits per heavy atom. The molecule has 1 N–H and O–H groups in total. The summed E-state index contributed by atoms with van der Waals surface area (Å²) in [5.41, 5.74) is 2.06. The Hall–Kier alpha value is -2.42. The van der Waals surface area contributed by atoms with E-state index in [1.807, 2.05) is 0 Å². The first-order chi connectivity index (χ1) is 8.93. The standard InChI is InChI=1S/C15H13N3/c1-2-6-14-12(4-1)5-3-7-15(14)18-11-13-10-16-8-9-17-13/h1-10,18H,11H2. The van der Waals surface area contributed by atoms with Gasteiger partial charge >= 0.3 is 0 Å². The second-order valence-electron chi connectivity index (χ2n) is 4.08. The topological polar surface area (TPSA) is 37.8 Å². The number of anilines is 1. The fraction of sp³-hybridized carbons (Fsp3) is 0.0667. The summed E-state index contributed by atoms with van der Waals surface area (Å²) in [6.07, 6.45) is 5.17. The van der Waals surface area contributed by atoms with E-state index in [0.29, 0.717) is 6.54 Å². The zero-order valence-corrected chi connectivity index (χ0v) is 9.88. The summed E-state index contributed by atoms with van der Waals surface area (Å²) in [5.74, 6) is 0. The van der Waals surface area contributed by atoms with Crippen molar-refractivity contribution in [3.63, 3.8) is 0 Å². The van der Waals surface area contributed by atoms with Crippen LogP contribution in [-0.2, 0) is 6.54 Å². The molecule has 1 heterocycles. The average molecular weight is 235 g/mol. The van der Waals surface area contributed by atoms with Crippen molar-refractivity contribution in [3.8, 4) is 0 Å². The number of hydrogen-bond acceptors (Lipinski definition) is 3. The number of nitrogens with one attached hydrogen (secondary N) is 1. The first kappa shape index (κ1) is 10.7. The van der Waals surface area contributed by atoms with Gasteiger partial charge in [-0.1, -0.05) is 36.4 Å². The maximum Gasteiger partial charge on any atom is 0.0777 e. The molecule has 0 amide bonds.